The van der Waals surface area contributed by atoms with Crippen molar-refractivity contribution >= 4 is 11.0 Å². The van der Waals surface area contributed by atoms with E-state index in [1.807, 2.05) is 24.4 Å². The summed E-state index contributed by atoms with van der Waals surface area (Å²) in [6.45, 7) is 0. The normalized spacial score (nSPS) is 10.8. The minimum Gasteiger partial charge on any atom is -0.346 e. The summed E-state index contributed by atoms with van der Waals surface area (Å²) in [5.41, 5.74) is 3.20. The van der Waals surface area contributed by atoms with Gasteiger partial charge in [-0.15, -0.1) is 0 Å². The molecule has 110 valence electrons. The maximum absolute atomic E-state index is 14.1. The molecule has 6 heteroatoms. The molecule has 0 saturated heterocycles. The monoisotopic (exact) mass is 303 g/mol. The summed E-state index contributed by atoms with van der Waals surface area (Å²) in [5.74, 6) is -0.486. The third kappa shape index (κ3) is 2.15. The summed E-state index contributed by atoms with van der Waals surface area (Å²) in [5, 5.41) is 14.0. The van der Waals surface area contributed by atoms with Crippen LogP contribution in [0.15, 0.2) is 55.1 Å². The highest BCUT2D eigenvalue weighted by molar-refractivity contribution is 5.92. The first kappa shape index (κ1) is 13.2. The van der Waals surface area contributed by atoms with E-state index in [2.05, 4.69) is 15.1 Å². The SMILES string of the molecule is N#Cc1ccc(-n2cc(-c3ccnc4[nH]ccc34)cn2)c(F)c1. The number of hydrogen-bond acceptors (Lipinski definition) is 3. The number of aromatic nitrogens is 4. The predicted octanol–water partition coefficient (Wildman–Crippen LogP) is 3.43. The van der Waals surface area contributed by atoms with Crippen LogP contribution >= 0.6 is 0 Å². The summed E-state index contributed by atoms with van der Waals surface area (Å²) >= 11 is 0. The lowest BCUT2D eigenvalue weighted by atomic mass is 10.1. The molecule has 3 heterocycles. The van der Waals surface area contributed by atoms with Crippen molar-refractivity contribution in [1.82, 2.24) is 19.7 Å². The van der Waals surface area contributed by atoms with E-state index in [9.17, 15) is 4.39 Å². The van der Waals surface area contributed by atoms with Gasteiger partial charge in [-0.25, -0.2) is 14.1 Å². The summed E-state index contributed by atoms with van der Waals surface area (Å²) in [4.78, 5) is 7.31. The van der Waals surface area contributed by atoms with Gasteiger partial charge in [-0.3, -0.25) is 0 Å². The number of nitrogens with zero attached hydrogens (tertiary/aromatic N) is 4. The molecule has 0 aliphatic rings. The number of rotatable bonds is 2. The number of fused-ring (bicyclic) bond motifs is 1. The number of nitrogens with one attached hydrogen (secondary N) is 1. The second-order valence-electron chi connectivity index (χ2n) is 5.05. The number of benzene rings is 1. The second-order valence-corrected chi connectivity index (χ2v) is 5.05. The van der Waals surface area contributed by atoms with Gasteiger partial charge in [0.15, 0.2) is 0 Å². The molecular weight excluding hydrogens is 293 g/mol. The van der Waals surface area contributed by atoms with Crippen LogP contribution in [0.3, 0.4) is 0 Å². The molecule has 4 rings (SSSR count). The molecule has 0 spiro atoms. The van der Waals surface area contributed by atoms with Gasteiger partial charge in [-0.05, 0) is 35.9 Å². The van der Waals surface area contributed by atoms with Crippen LogP contribution in [0, 0.1) is 17.1 Å². The lowest BCUT2D eigenvalue weighted by Crippen LogP contribution is -1.98. The number of halogens is 1. The highest BCUT2D eigenvalue weighted by Crippen LogP contribution is 2.27. The average molecular weight is 303 g/mol. The van der Waals surface area contributed by atoms with Crippen LogP contribution in [0.1, 0.15) is 5.56 Å². The average Bonchev–Trinajstić information content (AvgIpc) is 3.23. The lowest BCUT2D eigenvalue weighted by Gasteiger charge is -2.03. The third-order valence-electron chi connectivity index (χ3n) is 3.68. The molecule has 0 aliphatic carbocycles. The van der Waals surface area contributed by atoms with Gasteiger partial charge in [0.1, 0.15) is 17.2 Å². The highest BCUT2D eigenvalue weighted by atomic mass is 19.1. The Bertz CT molecular complexity index is 1050. The van der Waals surface area contributed by atoms with Crippen LogP contribution in [0.2, 0.25) is 0 Å². The van der Waals surface area contributed by atoms with E-state index in [0.717, 1.165) is 22.2 Å². The maximum Gasteiger partial charge on any atom is 0.150 e. The Morgan fingerprint density at radius 3 is 2.96 bits per heavy atom. The van der Waals surface area contributed by atoms with Gasteiger partial charge in [0.2, 0.25) is 0 Å². The fraction of sp³-hybridized carbons (Fsp3) is 0. The molecular formula is C17H10FN5. The van der Waals surface area contributed by atoms with Crippen LogP contribution in [-0.2, 0) is 0 Å². The van der Waals surface area contributed by atoms with Crippen LogP contribution in [0.25, 0.3) is 27.8 Å². The first-order chi connectivity index (χ1) is 11.3. The van der Waals surface area contributed by atoms with Crippen LogP contribution in [0.5, 0.6) is 0 Å². The van der Waals surface area contributed by atoms with Crippen LogP contribution in [0.4, 0.5) is 4.39 Å². The first-order valence-electron chi connectivity index (χ1n) is 6.93. The number of H-pyrrole nitrogens is 1. The van der Waals surface area contributed by atoms with Crippen molar-refractivity contribution in [3.05, 3.63) is 66.5 Å². The van der Waals surface area contributed by atoms with Gasteiger partial charge in [0, 0.05) is 29.5 Å². The van der Waals surface area contributed by atoms with Gasteiger partial charge in [0.25, 0.3) is 0 Å². The molecule has 23 heavy (non-hydrogen) atoms. The largest absolute Gasteiger partial charge is 0.346 e. The van der Waals surface area contributed by atoms with Gasteiger partial charge >= 0.3 is 0 Å². The Morgan fingerprint density at radius 1 is 1.22 bits per heavy atom. The zero-order valence-electron chi connectivity index (χ0n) is 11.9. The van der Waals surface area contributed by atoms with E-state index in [-0.39, 0.29) is 5.56 Å². The van der Waals surface area contributed by atoms with Crippen molar-refractivity contribution < 1.29 is 4.39 Å². The Kier molecular flexibility index (Phi) is 2.91. The third-order valence-corrected chi connectivity index (χ3v) is 3.68. The van der Waals surface area contributed by atoms with Crippen molar-refractivity contribution in [1.29, 1.82) is 5.26 Å². The zero-order valence-corrected chi connectivity index (χ0v) is 11.9. The molecule has 0 bridgehead atoms. The predicted molar refractivity (Wildman–Crippen MR) is 83.3 cm³/mol. The lowest BCUT2D eigenvalue weighted by molar-refractivity contribution is 0.610. The molecule has 1 N–H and O–H groups in total. The zero-order chi connectivity index (χ0) is 15.8. The fourth-order valence-corrected chi connectivity index (χ4v) is 2.57. The van der Waals surface area contributed by atoms with Gasteiger partial charge < -0.3 is 4.98 Å². The van der Waals surface area contributed by atoms with Crippen molar-refractivity contribution in [3.63, 3.8) is 0 Å². The van der Waals surface area contributed by atoms with Crippen molar-refractivity contribution in [2.24, 2.45) is 0 Å². The molecule has 0 fully saturated rings. The minimum atomic E-state index is -0.486. The van der Waals surface area contributed by atoms with Crippen LogP contribution < -0.4 is 0 Å². The Labute approximate surface area is 130 Å². The van der Waals surface area contributed by atoms with E-state index in [1.165, 1.54) is 10.7 Å². The number of hydrogen-bond donors (Lipinski definition) is 1. The van der Waals surface area contributed by atoms with E-state index < -0.39 is 5.82 Å². The van der Waals surface area contributed by atoms with Crippen molar-refractivity contribution in [2.75, 3.05) is 0 Å². The molecule has 1 aromatic carbocycles. The smallest absolute Gasteiger partial charge is 0.150 e. The number of nitriles is 1. The van der Waals surface area contributed by atoms with Gasteiger partial charge in [-0.2, -0.15) is 10.4 Å². The van der Waals surface area contributed by atoms with E-state index in [1.54, 1.807) is 30.7 Å². The van der Waals surface area contributed by atoms with Crippen LogP contribution in [-0.4, -0.2) is 19.7 Å². The Balaban J connectivity index is 1.81. The quantitative estimate of drug-likeness (QED) is 0.616. The molecule has 0 saturated carbocycles. The molecule has 0 amide bonds. The topological polar surface area (TPSA) is 70.3 Å². The fourth-order valence-electron chi connectivity index (χ4n) is 2.57. The Morgan fingerprint density at radius 2 is 2.13 bits per heavy atom. The summed E-state index contributed by atoms with van der Waals surface area (Å²) in [6.07, 6.45) is 6.98. The van der Waals surface area contributed by atoms with Crippen molar-refractivity contribution in [2.45, 2.75) is 0 Å². The summed E-state index contributed by atoms with van der Waals surface area (Å²) in [7, 11) is 0. The standard InChI is InChI=1S/C17H10FN5/c18-15-7-11(8-19)1-2-16(15)23-10-12(9-22-23)13-3-5-20-17-14(13)4-6-21-17/h1-7,9-10H,(H,20,21). The second kappa shape index (κ2) is 5.07. The van der Waals surface area contributed by atoms with Gasteiger partial charge in [0.05, 0.1) is 17.8 Å². The molecule has 0 atom stereocenters. The van der Waals surface area contributed by atoms with E-state index in [4.69, 9.17) is 5.26 Å². The minimum absolute atomic E-state index is 0.279. The molecule has 0 unspecified atom stereocenters. The van der Waals surface area contributed by atoms with E-state index in [0.29, 0.717) is 5.69 Å². The highest BCUT2D eigenvalue weighted by Gasteiger charge is 2.11. The summed E-state index contributed by atoms with van der Waals surface area (Å²) < 4.78 is 15.6. The molecule has 4 aromatic rings. The van der Waals surface area contributed by atoms with E-state index >= 15 is 0 Å². The van der Waals surface area contributed by atoms with Crippen molar-refractivity contribution in [3.8, 4) is 22.9 Å². The maximum atomic E-state index is 14.1. The number of pyridine rings is 1. The number of aromatic amines is 1. The van der Waals surface area contributed by atoms with Gasteiger partial charge in [-0.1, -0.05) is 0 Å². The Hall–Kier alpha value is -3.46. The molecule has 5 nitrogen and oxygen atoms in total. The summed E-state index contributed by atoms with van der Waals surface area (Å²) in [6, 6.07) is 10.1. The molecule has 0 aliphatic heterocycles. The first-order valence-corrected chi connectivity index (χ1v) is 6.93. The molecule has 3 aromatic heterocycles. The molecule has 0 radical (unpaired) electrons.